The van der Waals surface area contributed by atoms with E-state index in [2.05, 4.69) is 36.1 Å². The summed E-state index contributed by atoms with van der Waals surface area (Å²) in [5.41, 5.74) is 9.08. The molecule has 0 spiro atoms. The minimum atomic E-state index is -0.663. The number of nitrogens with zero attached hydrogens (tertiary/aromatic N) is 6. The molecule has 0 radical (unpaired) electrons. The molecule has 4 aromatic heterocycles. The van der Waals surface area contributed by atoms with Crippen molar-refractivity contribution in [2.24, 2.45) is 0 Å². The molecule has 3 N–H and O–H groups in total. The fraction of sp³-hybridized carbons (Fsp3) is 0.267. The van der Waals surface area contributed by atoms with E-state index in [0.29, 0.717) is 30.4 Å². The van der Waals surface area contributed by atoms with Gasteiger partial charge in [-0.15, -0.1) is 0 Å². The van der Waals surface area contributed by atoms with Crippen molar-refractivity contribution in [2.45, 2.75) is 38.6 Å². The fourth-order valence-electron chi connectivity index (χ4n) is 5.11. The second kappa shape index (κ2) is 11.1. The Labute approximate surface area is 240 Å². The van der Waals surface area contributed by atoms with Crippen LogP contribution < -0.4 is 16.6 Å². The number of carbonyl (C=O) groups is 1. The summed E-state index contributed by atoms with van der Waals surface area (Å²) in [4.78, 5) is 39.3. The molecule has 1 saturated heterocycles. The molecule has 0 saturated carbocycles. The number of anilines is 2. The number of nitrogen functional groups attached to an aromatic ring is 1. The Kier molecular flexibility index (Phi) is 7.21. The van der Waals surface area contributed by atoms with E-state index in [4.69, 9.17) is 10.5 Å². The minimum Gasteiger partial charge on any atom is -0.383 e. The maximum absolute atomic E-state index is 13.4. The van der Waals surface area contributed by atoms with Gasteiger partial charge in [-0.3, -0.25) is 9.59 Å². The van der Waals surface area contributed by atoms with Crippen molar-refractivity contribution in [3.8, 4) is 16.9 Å². The molecule has 0 bridgehead atoms. The van der Waals surface area contributed by atoms with Crippen molar-refractivity contribution >= 4 is 28.4 Å². The van der Waals surface area contributed by atoms with Crippen LogP contribution in [0.5, 0.6) is 0 Å². The SMILES string of the molecule is CC(C)c1cc(C(=O)Nc2ccc(-c3cn(C4CCOCC4)c4ncnc(N)c34)cc2)c(=O)n(-c2ccc(F)cn2)n1. The van der Waals surface area contributed by atoms with Crippen LogP contribution in [0.25, 0.3) is 28.0 Å². The van der Waals surface area contributed by atoms with Crippen LogP contribution in [-0.4, -0.2) is 48.4 Å². The normalized spacial score (nSPS) is 14.0. The minimum absolute atomic E-state index is 0.0807. The van der Waals surface area contributed by atoms with Crippen LogP contribution in [0.4, 0.5) is 15.9 Å². The van der Waals surface area contributed by atoms with Gasteiger partial charge in [0.25, 0.3) is 11.5 Å². The van der Waals surface area contributed by atoms with E-state index in [1.54, 1.807) is 12.1 Å². The van der Waals surface area contributed by atoms with Gasteiger partial charge in [-0.05, 0) is 54.7 Å². The zero-order valence-corrected chi connectivity index (χ0v) is 23.1. The van der Waals surface area contributed by atoms with Crippen LogP contribution in [0.15, 0.2) is 66.0 Å². The first-order valence-electron chi connectivity index (χ1n) is 13.7. The lowest BCUT2D eigenvalue weighted by Gasteiger charge is -2.24. The van der Waals surface area contributed by atoms with Gasteiger partial charge in [0.2, 0.25) is 0 Å². The number of pyridine rings is 1. The van der Waals surface area contributed by atoms with Crippen LogP contribution >= 0.6 is 0 Å². The van der Waals surface area contributed by atoms with Crippen LogP contribution in [0.2, 0.25) is 0 Å². The number of nitrogens with one attached hydrogen (secondary N) is 1. The summed E-state index contributed by atoms with van der Waals surface area (Å²) in [6.45, 7) is 5.17. The predicted molar refractivity (Wildman–Crippen MR) is 156 cm³/mol. The summed E-state index contributed by atoms with van der Waals surface area (Å²) in [7, 11) is 0. The van der Waals surface area contributed by atoms with Crippen molar-refractivity contribution in [1.82, 2.24) is 29.3 Å². The Balaban J connectivity index is 1.31. The van der Waals surface area contributed by atoms with Gasteiger partial charge in [-0.25, -0.2) is 19.3 Å². The number of amides is 1. The van der Waals surface area contributed by atoms with Crippen molar-refractivity contribution in [3.63, 3.8) is 0 Å². The van der Waals surface area contributed by atoms with E-state index in [1.165, 1.54) is 24.5 Å². The Morgan fingerprint density at radius 3 is 2.55 bits per heavy atom. The van der Waals surface area contributed by atoms with Gasteiger partial charge in [0, 0.05) is 36.7 Å². The van der Waals surface area contributed by atoms with E-state index in [1.807, 2.05) is 26.0 Å². The highest BCUT2D eigenvalue weighted by atomic mass is 19.1. The maximum atomic E-state index is 13.4. The number of rotatable bonds is 6. The molecule has 5 aromatic rings. The molecule has 0 atom stereocenters. The average molecular weight is 569 g/mol. The lowest BCUT2D eigenvalue weighted by Crippen LogP contribution is -2.31. The number of hydrogen-bond donors (Lipinski definition) is 2. The summed E-state index contributed by atoms with van der Waals surface area (Å²) in [6.07, 6.45) is 6.28. The summed E-state index contributed by atoms with van der Waals surface area (Å²) in [6, 6.07) is 11.5. The highest BCUT2D eigenvalue weighted by Crippen LogP contribution is 2.36. The highest BCUT2D eigenvalue weighted by molar-refractivity contribution is 6.04. The third-order valence-corrected chi connectivity index (χ3v) is 7.37. The average Bonchev–Trinajstić information content (AvgIpc) is 3.39. The number of fused-ring (bicyclic) bond motifs is 1. The molecule has 0 aliphatic carbocycles. The van der Waals surface area contributed by atoms with E-state index < -0.39 is 17.3 Å². The van der Waals surface area contributed by atoms with E-state index in [9.17, 15) is 14.0 Å². The molecule has 0 unspecified atom stereocenters. The third kappa shape index (κ3) is 5.12. The lowest BCUT2D eigenvalue weighted by molar-refractivity contribution is 0.0706. The molecule has 1 aromatic carbocycles. The first-order chi connectivity index (χ1) is 20.3. The molecule has 6 rings (SSSR count). The molecule has 1 aliphatic rings. The molecule has 11 nitrogen and oxygen atoms in total. The van der Waals surface area contributed by atoms with Crippen molar-refractivity contribution < 1.29 is 13.9 Å². The number of carbonyl (C=O) groups excluding carboxylic acids is 1. The van der Waals surface area contributed by atoms with Gasteiger partial charge in [0.1, 0.15) is 29.2 Å². The van der Waals surface area contributed by atoms with Crippen LogP contribution in [0.3, 0.4) is 0 Å². The Hall–Kier alpha value is -4.97. The third-order valence-electron chi connectivity index (χ3n) is 7.37. The number of hydrogen-bond acceptors (Lipinski definition) is 8. The van der Waals surface area contributed by atoms with E-state index in [-0.39, 0.29) is 23.3 Å². The molecular formula is C30H29FN8O3. The lowest BCUT2D eigenvalue weighted by atomic mass is 10.1. The topological polar surface area (TPSA) is 143 Å². The smallest absolute Gasteiger partial charge is 0.285 e. The number of ether oxygens (including phenoxy) is 1. The largest absolute Gasteiger partial charge is 0.383 e. The van der Waals surface area contributed by atoms with Gasteiger partial charge < -0.3 is 20.4 Å². The standard InChI is InChI=1S/C30H29FN8O3/c1-17(2)24-13-22(30(41)39(37-24)25-8-5-19(31)14-33-25)29(40)36-20-6-3-18(4-7-20)23-15-38(21-9-11-42-12-10-21)28-26(23)27(32)34-16-35-28/h3-8,13-17,21H,9-12H2,1-2H3,(H,36,40)(H2,32,34,35). The number of halogens is 1. The van der Waals surface area contributed by atoms with Crippen molar-refractivity contribution in [2.75, 3.05) is 24.3 Å². The van der Waals surface area contributed by atoms with Crippen molar-refractivity contribution in [1.29, 1.82) is 0 Å². The monoisotopic (exact) mass is 568 g/mol. The van der Waals surface area contributed by atoms with E-state index >= 15 is 0 Å². The molecule has 214 valence electrons. The summed E-state index contributed by atoms with van der Waals surface area (Å²) >= 11 is 0. The summed E-state index contributed by atoms with van der Waals surface area (Å²) in [5.74, 6) is -0.713. The first kappa shape index (κ1) is 27.2. The number of benzene rings is 1. The molecule has 5 heterocycles. The molecule has 12 heteroatoms. The quantitative estimate of drug-likeness (QED) is 0.305. The molecule has 42 heavy (non-hydrogen) atoms. The number of aromatic nitrogens is 6. The van der Waals surface area contributed by atoms with Gasteiger partial charge in [0.05, 0.1) is 17.3 Å². The van der Waals surface area contributed by atoms with Crippen LogP contribution in [-0.2, 0) is 4.74 Å². The molecule has 1 amide bonds. The van der Waals surface area contributed by atoms with Crippen LogP contribution in [0.1, 0.15) is 54.7 Å². The fourth-order valence-corrected chi connectivity index (χ4v) is 5.11. The van der Waals surface area contributed by atoms with Gasteiger partial charge in [-0.1, -0.05) is 26.0 Å². The second-order valence-corrected chi connectivity index (χ2v) is 10.5. The van der Waals surface area contributed by atoms with Gasteiger partial charge >= 0.3 is 0 Å². The molecule has 1 aliphatic heterocycles. The van der Waals surface area contributed by atoms with E-state index in [0.717, 1.165) is 45.9 Å². The highest BCUT2D eigenvalue weighted by Gasteiger charge is 2.23. The van der Waals surface area contributed by atoms with Gasteiger partial charge in [0.15, 0.2) is 5.82 Å². The first-order valence-corrected chi connectivity index (χ1v) is 13.7. The van der Waals surface area contributed by atoms with Crippen LogP contribution in [0, 0.1) is 5.82 Å². The Bertz CT molecular complexity index is 1830. The molecular weight excluding hydrogens is 539 g/mol. The summed E-state index contributed by atoms with van der Waals surface area (Å²) in [5, 5.41) is 7.92. The number of nitrogens with two attached hydrogens (primary N) is 1. The maximum Gasteiger partial charge on any atom is 0.285 e. The Morgan fingerprint density at radius 2 is 1.86 bits per heavy atom. The van der Waals surface area contributed by atoms with Gasteiger partial charge in [-0.2, -0.15) is 9.78 Å². The van der Waals surface area contributed by atoms with Crippen molar-refractivity contribution in [3.05, 3.63) is 88.6 Å². The summed E-state index contributed by atoms with van der Waals surface area (Å²) < 4.78 is 22.1. The second-order valence-electron chi connectivity index (χ2n) is 10.5. The zero-order valence-electron chi connectivity index (χ0n) is 23.1. The molecule has 1 fully saturated rings. The zero-order chi connectivity index (χ0) is 29.4. The Morgan fingerprint density at radius 1 is 1.10 bits per heavy atom. The predicted octanol–water partition coefficient (Wildman–Crippen LogP) is 4.49.